The number of carbonyl (C=O) groups is 2. The summed E-state index contributed by atoms with van der Waals surface area (Å²) in [7, 11) is 0. The molecule has 0 aromatic heterocycles. The van der Waals surface area contributed by atoms with Crippen molar-refractivity contribution < 1.29 is 9.59 Å². The molecule has 1 aromatic carbocycles. The van der Waals surface area contributed by atoms with Gasteiger partial charge in [-0.3, -0.25) is 4.79 Å². The Bertz CT molecular complexity index is 652. The number of likely N-dealkylation sites (tertiary alicyclic amines) is 1. The molecule has 1 unspecified atom stereocenters. The van der Waals surface area contributed by atoms with Crippen molar-refractivity contribution in [2.75, 3.05) is 31.5 Å². The molecule has 3 atom stereocenters. The molecule has 2 heterocycles. The number of nitrogens with one attached hydrogen (secondary N) is 3. The Morgan fingerprint density at radius 1 is 1.21 bits per heavy atom. The van der Waals surface area contributed by atoms with Crippen LogP contribution in [0.5, 0.6) is 0 Å². The number of carbonyl (C=O) groups excluding carboxylic acids is 2. The fourth-order valence-electron chi connectivity index (χ4n) is 4.10. The molecule has 6 nitrogen and oxygen atoms in total. The molecule has 2 aliphatic heterocycles. The Hall–Kier alpha value is -1.79. The molecule has 2 saturated heterocycles. The van der Waals surface area contributed by atoms with Gasteiger partial charge in [-0.15, -0.1) is 12.4 Å². The summed E-state index contributed by atoms with van der Waals surface area (Å²) in [6.45, 7) is 7.30. The Kier molecular flexibility index (Phi) is 8.58. The maximum atomic E-state index is 12.8. The van der Waals surface area contributed by atoms with E-state index in [0.29, 0.717) is 24.4 Å². The summed E-state index contributed by atoms with van der Waals surface area (Å²) in [6, 6.07) is 7.98. The van der Waals surface area contributed by atoms with E-state index in [0.717, 1.165) is 56.6 Å². The average Bonchev–Trinajstić information content (AvgIpc) is 2.68. The molecule has 156 valence electrons. The van der Waals surface area contributed by atoms with E-state index in [1.807, 2.05) is 36.1 Å². The fourth-order valence-corrected chi connectivity index (χ4v) is 4.10. The molecule has 3 amide bonds. The number of halogens is 1. The molecular formula is C21H33ClN4O2. The SMILES string of the molecule is Cc1ccc(NC(=O)NCC2CCCN(C(=O)[C@H]3CCN[C@@H](C)C3)C2)cc1.Cl. The summed E-state index contributed by atoms with van der Waals surface area (Å²) in [5.74, 6) is 0.778. The molecule has 2 fully saturated rings. The van der Waals surface area contributed by atoms with Crippen LogP contribution in [-0.4, -0.2) is 49.1 Å². The standard InChI is InChI=1S/C21H32N4O2.ClH/c1-15-5-7-19(8-6-15)24-21(27)23-13-17-4-3-11-25(14-17)20(26)18-9-10-22-16(2)12-18;/h5-8,16-18,22H,3-4,9-14H2,1-2H3,(H2,23,24,27);1H/t16-,17?,18-;/m0./s1. The minimum Gasteiger partial charge on any atom is -0.342 e. The third-order valence-electron chi connectivity index (χ3n) is 5.66. The number of amides is 3. The van der Waals surface area contributed by atoms with Crippen molar-refractivity contribution in [3.63, 3.8) is 0 Å². The molecule has 0 saturated carbocycles. The smallest absolute Gasteiger partial charge is 0.319 e. The molecule has 1 aromatic rings. The van der Waals surface area contributed by atoms with Gasteiger partial charge in [0.15, 0.2) is 0 Å². The van der Waals surface area contributed by atoms with E-state index in [2.05, 4.69) is 22.9 Å². The van der Waals surface area contributed by atoms with E-state index in [1.165, 1.54) is 0 Å². The maximum absolute atomic E-state index is 12.8. The van der Waals surface area contributed by atoms with E-state index in [9.17, 15) is 9.59 Å². The number of anilines is 1. The Balaban J connectivity index is 0.00000280. The average molecular weight is 409 g/mol. The number of piperidine rings is 2. The van der Waals surface area contributed by atoms with Crippen molar-refractivity contribution in [2.24, 2.45) is 11.8 Å². The fraction of sp³-hybridized carbons (Fsp3) is 0.619. The Morgan fingerprint density at radius 3 is 2.68 bits per heavy atom. The van der Waals surface area contributed by atoms with Gasteiger partial charge in [-0.2, -0.15) is 0 Å². The topological polar surface area (TPSA) is 73.5 Å². The third-order valence-corrected chi connectivity index (χ3v) is 5.66. The highest BCUT2D eigenvalue weighted by Crippen LogP contribution is 2.23. The monoisotopic (exact) mass is 408 g/mol. The van der Waals surface area contributed by atoms with Crippen molar-refractivity contribution in [1.29, 1.82) is 0 Å². The predicted octanol–water partition coefficient (Wildman–Crippen LogP) is 3.17. The molecule has 3 N–H and O–H groups in total. The number of aryl methyl sites for hydroxylation is 1. The number of urea groups is 1. The van der Waals surface area contributed by atoms with Crippen LogP contribution < -0.4 is 16.0 Å². The lowest BCUT2D eigenvalue weighted by molar-refractivity contribution is -0.138. The molecule has 3 rings (SSSR count). The molecule has 28 heavy (non-hydrogen) atoms. The Labute approximate surface area is 174 Å². The van der Waals surface area contributed by atoms with Gasteiger partial charge in [0.25, 0.3) is 0 Å². The van der Waals surface area contributed by atoms with Crippen LogP contribution in [-0.2, 0) is 4.79 Å². The second kappa shape index (κ2) is 10.7. The molecular weight excluding hydrogens is 376 g/mol. The summed E-state index contributed by atoms with van der Waals surface area (Å²) in [4.78, 5) is 27.0. The molecule has 2 aliphatic rings. The van der Waals surface area contributed by atoms with E-state index in [-0.39, 0.29) is 24.4 Å². The first-order chi connectivity index (χ1) is 13.0. The minimum atomic E-state index is -0.186. The molecule has 7 heteroatoms. The molecule has 0 spiro atoms. The van der Waals surface area contributed by atoms with Crippen molar-refractivity contribution in [2.45, 2.75) is 45.6 Å². The van der Waals surface area contributed by atoms with Gasteiger partial charge in [-0.05, 0) is 64.1 Å². The highest BCUT2D eigenvalue weighted by molar-refractivity contribution is 5.89. The summed E-state index contributed by atoms with van der Waals surface area (Å²) in [5.41, 5.74) is 1.95. The van der Waals surface area contributed by atoms with Gasteiger partial charge in [0.2, 0.25) is 5.91 Å². The van der Waals surface area contributed by atoms with Gasteiger partial charge in [-0.25, -0.2) is 4.79 Å². The van der Waals surface area contributed by atoms with Crippen LogP contribution in [0.2, 0.25) is 0 Å². The highest BCUT2D eigenvalue weighted by Gasteiger charge is 2.31. The summed E-state index contributed by atoms with van der Waals surface area (Å²) in [6.07, 6.45) is 3.92. The second-order valence-corrected chi connectivity index (χ2v) is 8.07. The van der Waals surface area contributed by atoms with Gasteiger partial charge < -0.3 is 20.9 Å². The van der Waals surface area contributed by atoms with E-state index >= 15 is 0 Å². The first-order valence-electron chi connectivity index (χ1n) is 10.1. The predicted molar refractivity (Wildman–Crippen MR) is 115 cm³/mol. The molecule has 0 radical (unpaired) electrons. The van der Waals surface area contributed by atoms with Crippen LogP contribution in [0.4, 0.5) is 10.5 Å². The summed E-state index contributed by atoms with van der Waals surface area (Å²) < 4.78 is 0. The van der Waals surface area contributed by atoms with E-state index < -0.39 is 0 Å². The van der Waals surface area contributed by atoms with Crippen molar-refractivity contribution in [1.82, 2.24) is 15.5 Å². The van der Waals surface area contributed by atoms with Gasteiger partial charge in [0.05, 0.1) is 0 Å². The zero-order valence-corrected chi connectivity index (χ0v) is 17.7. The summed E-state index contributed by atoms with van der Waals surface area (Å²) in [5, 5.41) is 9.23. The van der Waals surface area contributed by atoms with Crippen LogP contribution >= 0.6 is 12.4 Å². The van der Waals surface area contributed by atoms with Crippen LogP contribution in [0.15, 0.2) is 24.3 Å². The number of benzene rings is 1. The van der Waals surface area contributed by atoms with Gasteiger partial charge in [-0.1, -0.05) is 17.7 Å². The quantitative estimate of drug-likeness (QED) is 0.716. The Morgan fingerprint density at radius 2 is 1.96 bits per heavy atom. The number of rotatable bonds is 4. The second-order valence-electron chi connectivity index (χ2n) is 8.07. The van der Waals surface area contributed by atoms with E-state index in [4.69, 9.17) is 0 Å². The van der Waals surface area contributed by atoms with Crippen LogP contribution in [0.1, 0.15) is 38.2 Å². The largest absolute Gasteiger partial charge is 0.342 e. The van der Waals surface area contributed by atoms with Gasteiger partial charge in [0.1, 0.15) is 0 Å². The molecule has 0 aliphatic carbocycles. The lowest BCUT2D eigenvalue weighted by Crippen LogP contribution is -2.49. The van der Waals surface area contributed by atoms with Crippen molar-refractivity contribution >= 4 is 30.0 Å². The maximum Gasteiger partial charge on any atom is 0.319 e. The number of hydrogen-bond donors (Lipinski definition) is 3. The lowest BCUT2D eigenvalue weighted by atomic mass is 9.90. The third kappa shape index (κ3) is 6.38. The summed E-state index contributed by atoms with van der Waals surface area (Å²) >= 11 is 0. The number of hydrogen-bond acceptors (Lipinski definition) is 3. The van der Waals surface area contributed by atoms with Gasteiger partial charge in [0, 0.05) is 37.3 Å². The zero-order chi connectivity index (χ0) is 19.2. The van der Waals surface area contributed by atoms with Crippen LogP contribution in [0.3, 0.4) is 0 Å². The number of nitrogens with zero attached hydrogens (tertiary/aromatic N) is 1. The van der Waals surface area contributed by atoms with Crippen LogP contribution in [0, 0.1) is 18.8 Å². The lowest BCUT2D eigenvalue weighted by Gasteiger charge is -2.37. The normalized spacial score (nSPS) is 24.8. The van der Waals surface area contributed by atoms with Crippen molar-refractivity contribution in [3.8, 4) is 0 Å². The van der Waals surface area contributed by atoms with Crippen molar-refractivity contribution in [3.05, 3.63) is 29.8 Å². The minimum absolute atomic E-state index is 0. The zero-order valence-electron chi connectivity index (χ0n) is 16.9. The van der Waals surface area contributed by atoms with Crippen LogP contribution in [0.25, 0.3) is 0 Å². The highest BCUT2D eigenvalue weighted by atomic mass is 35.5. The first kappa shape index (κ1) is 22.5. The molecule has 0 bridgehead atoms. The van der Waals surface area contributed by atoms with Gasteiger partial charge >= 0.3 is 6.03 Å². The first-order valence-corrected chi connectivity index (χ1v) is 10.1. The van der Waals surface area contributed by atoms with E-state index in [1.54, 1.807) is 0 Å².